The third-order valence-corrected chi connectivity index (χ3v) is 3.03. The van der Waals surface area contributed by atoms with Gasteiger partial charge >= 0.3 is 0 Å². The summed E-state index contributed by atoms with van der Waals surface area (Å²) in [6.45, 7) is 8.47. The highest BCUT2D eigenvalue weighted by Crippen LogP contribution is 2.34. The molecule has 0 aromatic heterocycles. The van der Waals surface area contributed by atoms with E-state index in [1.807, 2.05) is 0 Å². The molecule has 0 radical (unpaired) electrons. The lowest BCUT2D eigenvalue weighted by molar-refractivity contribution is 0.654. The Labute approximate surface area is 123 Å². The normalized spacial score (nSPS) is 22.9. The predicted molar refractivity (Wildman–Crippen MR) is 86.2 cm³/mol. The summed E-state index contributed by atoms with van der Waals surface area (Å²) in [7, 11) is 0. The lowest BCUT2D eigenvalue weighted by atomic mass is 10.2. The van der Waals surface area contributed by atoms with Gasteiger partial charge in [0.25, 0.3) is 0 Å². The lowest BCUT2D eigenvalue weighted by Crippen LogP contribution is -2.39. The molecule has 0 amide bonds. The van der Waals surface area contributed by atoms with Crippen LogP contribution in [0.25, 0.3) is 0 Å². The van der Waals surface area contributed by atoms with E-state index < -0.39 is 0 Å². The van der Waals surface area contributed by atoms with E-state index in [0.29, 0.717) is 6.04 Å². The molecule has 2 N–H and O–H groups in total. The summed E-state index contributed by atoms with van der Waals surface area (Å²) >= 11 is 0. The highest BCUT2D eigenvalue weighted by Gasteiger charge is 2.36. The molecule has 0 spiro atoms. The van der Waals surface area contributed by atoms with Gasteiger partial charge in [-0.05, 0) is 32.1 Å². The van der Waals surface area contributed by atoms with Gasteiger partial charge in [-0.3, -0.25) is 4.99 Å². The van der Waals surface area contributed by atoms with Crippen LogP contribution in [-0.2, 0) is 0 Å². The van der Waals surface area contributed by atoms with Gasteiger partial charge < -0.3 is 10.6 Å². The van der Waals surface area contributed by atoms with Crippen molar-refractivity contribution in [3.63, 3.8) is 0 Å². The predicted octanol–water partition coefficient (Wildman–Crippen LogP) is 3.15. The van der Waals surface area contributed by atoms with Crippen molar-refractivity contribution in [1.29, 1.82) is 0 Å². The molecule has 1 aliphatic rings. The van der Waals surface area contributed by atoms with Crippen molar-refractivity contribution >= 4 is 29.9 Å². The zero-order valence-electron chi connectivity index (χ0n) is 11.5. The van der Waals surface area contributed by atoms with Gasteiger partial charge in [0.2, 0.25) is 0 Å². The summed E-state index contributed by atoms with van der Waals surface area (Å²) in [6, 6.07) is 0.680. The number of halogens is 1. The van der Waals surface area contributed by atoms with Gasteiger partial charge in [0.15, 0.2) is 5.96 Å². The van der Waals surface area contributed by atoms with E-state index in [0.717, 1.165) is 25.0 Å². The van der Waals surface area contributed by atoms with Crippen molar-refractivity contribution < 1.29 is 0 Å². The Morgan fingerprint density at radius 3 is 2.59 bits per heavy atom. The second kappa shape index (κ2) is 9.97. The number of nitrogens with one attached hydrogen (secondary N) is 2. The van der Waals surface area contributed by atoms with E-state index in [2.05, 4.69) is 36.4 Å². The second-order valence-electron chi connectivity index (χ2n) is 4.65. The molecule has 2 unspecified atom stereocenters. The topological polar surface area (TPSA) is 36.4 Å². The molecule has 1 saturated carbocycles. The first-order valence-corrected chi connectivity index (χ1v) is 6.86. The molecule has 0 aliphatic heterocycles. The average Bonchev–Trinajstić information content (AvgIpc) is 2.98. The Kier molecular flexibility index (Phi) is 9.97. The van der Waals surface area contributed by atoms with Gasteiger partial charge in [-0.25, -0.2) is 0 Å². The number of rotatable bonds is 7. The highest BCUT2D eigenvalue weighted by atomic mass is 127. The van der Waals surface area contributed by atoms with Crippen LogP contribution >= 0.6 is 24.0 Å². The molecule has 1 rings (SSSR count). The molecular weight excluding hydrogens is 325 g/mol. The van der Waals surface area contributed by atoms with Crippen LogP contribution in [0.4, 0.5) is 0 Å². The monoisotopic (exact) mass is 353 g/mol. The van der Waals surface area contributed by atoms with E-state index >= 15 is 0 Å². The molecule has 1 aliphatic carbocycles. The number of hydrogen-bond acceptors (Lipinski definition) is 1. The summed E-state index contributed by atoms with van der Waals surface area (Å²) in [6.07, 6.45) is 6.37. The number of nitrogens with zero attached hydrogens (tertiary/aromatic N) is 1. The van der Waals surface area contributed by atoms with Crippen molar-refractivity contribution in [2.24, 2.45) is 10.9 Å². The van der Waals surface area contributed by atoms with Crippen LogP contribution in [0.1, 0.15) is 52.9 Å². The maximum atomic E-state index is 4.57. The van der Waals surface area contributed by atoms with Gasteiger partial charge in [0.1, 0.15) is 0 Å². The van der Waals surface area contributed by atoms with E-state index in [1.165, 1.54) is 32.1 Å². The molecule has 0 aromatic rings. The Hall–Kier alpha value is 0. The third kappa shape index (κ3) is 7.11. The van der Waals surface area contributed by atoms with Crippen LogP contribution < -0.4 is 10.6 Å². The van der Waals surface area contributed by atoms with Crippen LogP contribution in [0.3, 0.4) is 0 Å². The maximum absolute atomic E-state index is 4.57. The van der Waals surface area contributed by atoms with Crippen molar-refractivity contribution in [3.8, 4) is 0 Å². The first kappa shape index (κ1) is 17.0. The van der Waals surface area contributed by atoms with Gasteiger partial charge in [-0.15, -0.1) is 24.0 Å². The maximum Gasteiger partial charge on any atom is 0.191 e. The Morgan fingerprint density at radius 2 is 2.00 bits per heavy atom. The minimum atomic E-state index is 0. The van der Waals surface area contributed by atoms with Crippen LogP contribution in [0.2, 0.25) is 0 Å². The fraction of sp³-hybridized carbons (Fsp3) is 0.923. The van der Waals surface area contributed by atoms with Crippen LogP contribution in [0.5, 0.6) is 0 Å². The molecule has 0 heterocycles. The van der Waals surface area contributed by atoms with Crippen molar-refractivity contribution in [1.82, 2.24) is 10.6 Å². The number of unbranched alkanes of at least 4 members (excludes halogenated alkanes) is 1. The summed E-state index contributed by atoms with van der Waals surface area (Å²) in [5.74, 6) is 1.90. The zero-order valence-corrected chi connectivity index (χ0v) is 13.8. The molecule has 0 aromatic carbocycles. The van der Waals surface area contributed by atoms with Crippen molar-refractivity contribution in [2.75, 3.05) is 13.1 Å². The van der Waals surface area contributed by atoms with Gasteiger partial charge in [0.05, 0.1) is 0 Å². The minimum absolute atomic E-state index is 0. The van der Waals surface area contributed by atoms with E-state index in [1.54, 1.807) is 0 Å². The summed E-state index contributed by atoms with van der Waals surface area (Å²) in [4.78, 5) is 4.57. The number of guanidine groups is 1. The van der Waals surface area contributed by atoms with E-state index in [-0.39, 0.29) is 24.0 Å². The first-order chi connectivity index (χ1) is 7.81. The van der Waals surface area contributed by atoms with E-state index in [4.69, 9.17) is 0 Å². The molecule has 17 heavy (non-hydrogen) atoms. The summed E-state index contributed by atoms with van der Waals surface area (Å²) in [5, 5.41) is 6.84. The minimum Gasteiger partial charge on any atom is -0.357 e. The zero-order chi connectivity index (χ0) is 11.8. The Morgan fingerprint density at radius 1 is 1.24 bits per heavy atom. The SMILES string of the molecule is CCCCN=C(NCC)NC1CC1CCC.I. The van der Waals surface area contributed by atoms with Crippen molar-refractivity contribution in [3.05, 3.63) is 0 Å². The third-order valence-electron chi connectivity index (χ3n) is 3.03. The second-order valence-corrected chi connectivity index (χ2v) is 4.65. The van der Waals surface area contributed by atoms with Crippen molar-refractivity contribution in [2.45, 2.75) is 58.9 Å². The molecule has 2 atom stereocenters. The first-order valence-electron chi connectivity index (χ1n) is 6.86. The Balaban J connectivity index is 0.00000256. The average molecular weight is 353 g/mol. The van der Waals surface area contributed by atoms with Crippen LogP contribution in [0, 0.1) is 5.92 Å². The molecule has 1 fully saturated rings. The molecule has 3 nitrogen and oxygen atoms in total. The molecule has 102 valence electrons. The largest absolute Gasteiger partial charge is 0.357 e. The standard InChI is InChI=1S/C13H27N3.HI/c1-4-7-9-15-13(14-6-3)16-12-10-11(12)8-5-2;/h11-12H,4-10H2,1-3H3,(H2,14,15,16);1H. The molecule has 4 heteroatoms. The Bertz CT molecular complexity index is 219. The van der Waals surface area contributed by atoms with Crippen LogP contribution in [0.15, 0.2) is 4.99 Å². The smallest absolute Gasteiger partial charge is 0.191 e. The number of hydrogen-bond donors (Lipinski definition) is 2. The summed E-state index contributed by atoms with van der Waals surface area (Å²) < 4.78 is 0. The quantitative estimate of drug-likeness (QED) is 0.319. The molecular formula is C13H28IN3. The highest BCUT2D eigenvalue weighted by molar-refractivity contribution is 14.0. The molecule has 0 bridgehead atoms. The van der Waals surface area contributed by atoms with Gasteiger partial charge in [0, 0.05) is 19.1 Å². The van der Waals surface area contributed by atoms with E-state index in [9.17, 15) is 0 Å². The fourth-order valence-electron chi connectivity index (χ4n) is 1.96. The summed E-state index contributed by atoms with van der Waals surface area (Å²) in [5.41, 5.74) is 0. The van der Waals surface area contributed by atoms with Gasteiger partial charge in [-0.2, -0.15) is 0 Å². The molecule has 0 saturated heterocycles. The fourth-order valence-corrected chi connectivity index (χ4v) is 1.96. The van der Waals surface area contributed by atoms with Crippen LogP contribution in [-0.4, -0.2) is 25.1 Å². The van der Waals surface area contributed by atoms with Gasteiger partial charge in [-0.1, -0.05) is 26.7 Å². The lowest BCUT2D eigenvalue weighted by Gasteiger charge is -2.10. The number of aliphatic imine (C=N–C) groups is 1.